The molecular weight excluding hydrogens is 386 g/mol. The molecule has 144 valence electrons. The van der Waals surface area contributed by atoms with Crippen LogP contribution >= 0.6 is 0 Å². The first-order valence-electron chi connectivity index (χ1n) is 8.14. The molecule has 0 atom stereocenters. The molecule has 0 amide bonds. The van der Waals surface area contributed by atoms with Gasteiger partial charge in [-0.3, -0.25) is 15.1 Å². The number of rotatable bonds is 6. The van der Waals surface area contributed by atoms with E-state index in [9.17, 15) is 23.3 Å². The van der Waals surface area contributed by atoms with Gasteiger partial charge in [0.2, 0.25) is 0 Å². The van der Waals surface area contributed by atoms with Crippen LogP contribution in [0.15, 0.2) is 66.1 Å². The highest BCUT2D eigenvalue weighted by atomic mass is 32.2. The van der Waals surface area contributed by atoms with E-state index in [0.717, 1.165) is 28.2 Å². The van der Waals surface area contributed by atoms with Gasteiger partial charge in [0.05, 0.1) is 22.0 Å². The van der Waals surface area contributed by atoms with E-state index >= 15 is 0 Å². The molecule has 0 aliphatic heterocycles. The van der Waals surface area contributed by atoms with Crippen LogP contribution in [0.4, 0.5) is 5.69 Å². The van der Waals surface area contributed by atoms with Crippen molar-refractivity contribution in [2.45, 2.75) is 11.8 Å². The van der Waals surface area contributed by atoms with Crippen molar-refractivity contribution in [3.63, 3.8) is 0 Å². The van der Waals surface area contributed by atoms with Crippen molar-refractivity contribution in [3.05, 3.63) is 76.9 Å². The maximum Gasteiger partial charge on any atom is 0.340 e. The van der Waals surface area contributed by atoms with Gasteiger partial charge in [-0.2, -0.15) is 0 Å². The summed E-state index contributed by atoms with van der Waals surface area (Å²) in [5.74, 6) is -0.660. The molecular formula is C18H15N3O6S. The van der Waals surface area contributed by atoms with Gasteiger partial charge in [-0.15, -0.1) is 0 Å². The summed E-state index contributed by atoms with van der Waals surface area (Å²) in [5, 5.41) is 10.8. The van der Waals surface area contributed by atoms with Gasteiger partial charge in [0.1, 0.15) is 0 Å². The summed E-state index contributed by atoms with van der Waals surface area (Å²) < 4.78 is 31.8. The zero-order chi connectivity index (χ0) is 20.3. The number of nitrogens with zero attached hydrogens (tertiary/aromatic N) is 3. The Balaban J connectivity index is 2.11. The van der Waals surface area contributed by atoms with Gasteiger partial charge in [0.25, 0.3) is 15.7 Å². The van der Waals surface area contributed by atoms with Crippen LogP contribution < -0.4 is 0 Å². The third-order valence-corrected chi connectivity index (χ3v) is 5.55. The molecule has 0 radical (unpaired) electrons. The van der Waals surface area contributed by atoms with Crippen molar-refractivity contribution in [1.29, 1.82) is 0 Å². The van der Waals surface area contributed by atoms with E-state index in [1.54, 1.807) is 19.1 Å². The van der Waals surface area contributed by atoms with Crippen LogP contribution in [0.1, 0.15) is 17.3 Å². The smallest absolute Gasteiger partial charge is 0.340 e. The standard InChI is InChI=1S/C18H15N3O6S/c1-2-27-18(22)17-12-20(11-16(17)13-7-9-19-10-8-13)28(25,26)15-5-3-14(4-6-15)21(23)24/h3-12H,2H2,1H3. The second kappa shape index (κ2) is 7.61. The lowest BCUT2D eigenvalue weighted by atomic mass is 10.1. The van der Waals surface area contributed by atoms with Gasteiger partial charge < -0.3 is 4.74 Å². The quantitative estimate of drug-likeness (QED) is 0.354. The fourth-order valence-corrected chi connectivity index (χ4v) is 3.78. The monoisotopic (exact) mass is 401 g/mol. The van der Waals surface area contributed by atoms with Gasteiger partial charge in [-0.1, -0.05) is 0 Å². The fraction of sp³-hybridized carbons (Fsp3) is 0.111. The highest BCUT2D eigenvalue weighted by molar-refractivity contribution is 7.90. The molecule has 10 heteroatoms. The minimum Gasteiger partial charge on any atom is -0.462 e. The Kier molecular flexibility index (Phi) is 5.23. The molecule has 0 saturated heterocycles. The lowest BCUT2D eigenvalue weighted by Crippen LogP contribution is -2.11. The minimum absolute atomic E-state index is 0.0820. The van der Waals surface area contributed by atoms with Crippen LogP contribution in [-0.2, 0) is 14.8 Å². The van der Waals surface area contributed by atoms with E-state index in [4.69, 9.17) is 4.74 Å². The molecule has 1 aromatic carbocycles. The zero-order valence-corrected chi connectivity index (χ0v) is 15.5. The number of nitro benzene ring substituents is 1. The average Bonchev–Trinajstić information content (AvgIpc) is 3.15. The van der Waals surface area contributed by atoms with E-state index < -0.39 is 20.9 Å². The van der Waals surface area contributed by atoms with Crippen LogP contribution in [0.5, 0.6) is 0 Å². The fourth-order valence-electron chi connectivity index (χ4n) is 2.56. The maximum absolute atomic E-state index is 12.9. The molecule has 0 N–H and O–H groups in total. The molecule has 3 rings (SSSR count). The SMILES string of the molecule is CCOC(=O)c1cn(S(=O)(=O)c2ccc([N+](=O)[O-])cc2)cc1-c1ccncc1. The Labute approximate surface area is 160 Å². The molecule has 0 bridgehead atoms. The summed E-state index contributed by atoms with van der Waals surface area (Å²) in [5.41, 5.74) is 0.816. The number of carbonyl (C=O) groups is 1. The first kappa shape index (κ1) is 19.2. The second-order valence-electron chi connectivity index (χ2n) is 5.63. The number of nitro groups is 1. The number of benzene rings is 1. The lowest BCUT2D eigenvalue weighted by Gasteiger charge is -2.05. The van der Waals surface area contributed by atoms with Crippen LogP contribution in [0.2, 0.25) is 0 Å². The highest BCUT2D eigenvalue weighted by Gasteiger charge is 2.24. The Morgan fingerprint density at radius 2 is 1.79 bits per heavy atom. The molecule has 0 unspecified atom stereocenters. The van der Waals surface area contributed by atoms with Crippen molar-refractivity contribution < 1.29 is 22.9 Å². The number of hydrogen-bond donors (Lipinski definition) is 0. The van der Waals surface area contributed by atoms with E-state index in [1.165, 1.54) is 24.8 Å². The van der Waals surface area contributed by atoms with Crippen LogP contribution in [0, 0.1) is 10.1 Å². The van der Waals surface area contributed by atoms with Crippen molar-refractivity contribution in [2.75, 3.05) is 6.61 Å². The summed E-state index contributed by atoms with van der Waals surface area (Å²) in [6.45, 7) is 1.78. The predicted molar refractivity (Wildman–Crippen MR) is 99.3 cm³/mol. The van der Waals surface area contributed by atoms with Gasteiger partial charge in [0, 0.05) is 42.5 Å². The second-order valence-corrected chi connectivity index (χ2v) is 7.47. The average molecular weight is 401 g/mol. The molecule has 3 aromatic rings. The van der Waals surface area contributed by atoms with E-state index in [-0.39, 0.29) is 22.8 Å². The molecule has 9 nitrogen and oxygen atoms in total. The summed E-state index contributed by atoms with van der Waals surface area (Å²) >= 11 is 0. The predicted octanol–water partition coefficient (Wildman–Crippen LogP) is 2.87. The molecule has 0 fully saturated rings. The number of ether oxygens (including phenoxy) is 1. The number of carbonyl (C=O) groups excluding carboxylic acids is 1. The number of pyridine rings is 1. The minimum atomic E-state index is -4.07. The van der Waals surface area contributed by atoms with Crippen molar-refractivity contribution in [3.8, 4) is 11.1 Å². The Morgan fingerprint density at radius 1 is 1.14 bits per heavy atom. The lowest BCUT2D eigenvalue weighted by molar-refractivity contribution is -0.384. The summed E-state index contributed by atoms with van der Waals surface area (Å²) in [4.78, 5) is 26.2. The third-order valence-electron chi connectivity index (χ3n) is 3.91. The molecule has 2 heterocycles. The topological polar surface area (TPSA) is 121 Å². The number of aromatic nitrogens is 2. The largest absolute Gasteiger partial charge is 0.462 e. The first-order valence-corrected chi connectivity index (χ1v) is 9.58. The van der Waals surface area contributed by atoms with Gasteiger partial charge >= 0.3 is 5.97 Å². The number of hydrogen-bond acceptors (Lipinski definition) is 7. The van der Waals surface area contributed by atoms with Crippen LogP contribution in [0.25, 0.3) is 11.1 Å². The third kappa shape index (κ3) is 3.62. The Hall–Kier alpha value is -3.53. The van der Waals surface area contributed by atoms with Gasteiger partial charge in [0.15, 0.2) is 0 Å². The van der Waals surface area contributed by atoms with Gasteiger partial charge in [-0.05, 0) is 36.8 Å². The number of esters is 1. The summed E-state index contributed by atoms with van der Waals surface area (Å²) in [6, 6.07) is 7.77. The van der Waals surface area contributed by atoms with Crippen molar-refractivity contribution in [2.24, 2.45) is 0 Å². The van der Waals surface area contributed by atoms with Crippen LogP contribution in [-0.4, -0.2) is 34.9 Å². The zero-order valence-electron chi connectivity index (χ0n) is 14.7. The molecule has 2 aromatic heterocycles. The molecule has 0 aliphatic carbocycles. The molecule has 0 spiro atoms. The van der Waals surface area contributed by atoms with Crippen molar-refractivity contribution >= 4 is 21.7 Å². The summed E-state index contributed by atoms with van der Waals surface area (Å²) in [7, 11) is -4.07. The molecule has 28 heavy (non-hydrogen) atoms. The highest BCUT2D eigenvalue weighted by Crippen LogP contribution is 2.28. The molecule has 0 aliphatic rings. The Bertz CT molecular complexity index is 1120. The molecule has 0 saturated carbocycles. The summed E-state index contributed by atoms with van der Waals surface area (Å²) in [6.07, 6.45) is 5.52. The first-order chi connectivity index (χ1) is 13.3. The Morgan fingerprint density at radius 3 is 2.36 bits per heavy atom. The van der Waals surface area contributed by atoms with E-state index in [0.29, 0.717) is 11.1 Å². The van der Waals surface area contributed by atoms with Gasteiger partial charge in [-0.25, -0.2) is 17.2 Å². The maximum atomic E-state index is 12.9. The van der Waals surface area contributed by atoms with Crippen molar-refractivity contribution in [1.82, 2.24) is 8.96 Å². The number of non-ortho nitro benzene ring substituents is 1. The van der Waals surface area contributed by atoms with Crippen LogP contribution in [0.3, 0.4) is 0 Å². The van der Waals surface area contributed by atoms with E-state index in [1.807, 2.05) is 0 Å². The van der Waals surface area contributed by atoms with E-state index in [2.05, 4.69) is 4.98 Å². The normalized spacial score (nSPS) is 11.2.